The van der Waals surface area contributed by atoms with Crippen LogP contribution in [0.4, 0.5) is 4.39 Å². The van der Waals surface area contributed by atoms with E-state index in [0.29, 0.717) is 6.42 Å². The topological polar surface area (TPSA) is 46.2 Å². The molecule has 16 heavy (non-hydrogen) atoms. The molecule has 1 N–H and O–H groups in total. The zero-order valence-corrected chi connectivity index (χ0v) is 10.2. The van der Waals surface area contributed by atoms with Gasteiger partial charge < -0.3 is 5.32 Å². The van der Waals surface area contributed by atoms with Crippen LogP contribution in [-0.2, 0) is 9.84 Å². The van der Waals surface area contributed by atoms with E-state index in [-0.39, 0.29) is 16.7 Å². The summed E-state index contributed by atoms with van der Waals surface area (Å²) in [6.07, 6.45) is 0.509. The van der Waals surface area contributed by atoms with Crippen molar-refractivity contribution in [2.24, 2.45) is 0 Å². The van der Waals surface area contributed by atoms with Crippen molar-refractivity contribution in [3.63, 3.8) is 0 Å². The second kappa shape index (κ2) is 5.41. The SMILES string of the molecule is CNC(C)CCS(=O)(=O)c1cccc(F)c1. The summed E-state index contributed by atoms with van der Waals surface area (Å²) in [5.41, 5.74) is 0. The zero-order chi connectivity index (χ0) is 12.2. The first-order valence-electron chi connectivity index (χ1n) is 5.11. The minimum atomic E-state index is -3.37. The molecule has 0 aliphatic rings. The third-order valence-electron chi connectivity index (χ3n) is 2.47. The maximum Gasteiger partial charge on any atom is 0.178 e. The molecule has 0 radical (unpaired) electrons. The van der Waals surface area contributed by atoms with E-state index in [2.05, 4.69) is 5.32 Å². The average Bonchev–Trinajstić information content (AvgIpc) is 2.26. The molecule has 0 aliphatic carbocycles. The molecule has 0 amide bonds. The summed E-state index contributed by atoms with van der Waals surface area (Å²) in [5.74, 6) is -0.499. The molecule has 3 nitrogen and oxygen atoms in total. The number of hydrogen-bond donors (Lipinski definition) is 1. The Hall–Kier alpha value is -0.940. The van der Waals surface area contributed by atoms with Crippen molar-refractivity contribution in [2.75, 3.05) is 12.8 Å². The van der Waals surface area contributed by atoms with E-state index in [4.69, 9.17) is 0 Å². The van der Waals surface area contributed by atoms with E-state index >= 15 is 0 Å². The quantitative estimate of drug-likeness (QED) is 0.857. The average molecular weight is 245 g/mol. The molecule has 0 spiro atoms. The highest BCUT2D eigenvalue weighted by Gasteiger charge is 2.15. The first kappa shape index (κ1) is 13.1. The van der Waals surface area contributed by atoms with Gasteiger partial charge in [-0.3, -0.25) is 0 Å². The Morgan fingerprint density at radius 3 is 2.69 bits per heavy atom. The monoisotopic (exact) mass is 245 g/mol. The van der Waals surface area contributed by atoms with Gasteiger partial charge in [0.25, 0.3) is 0 Å². The fraction of sp³-hybridized carbons (Fsp3) is 0.455. The molecule has 0 aromatic heterocycles. The van der Waals surface area contributed by atoms with Gasteiger partial charge in [-0.15, -0.1) is 0 Å². The molecule has 0 saturated carbocycles. The maximum atomic E-state index is 12.9. The number of halogens is 1. The summed E-state index contributed by atoms with van der Waals surface area (Å²) < 4.78 is 36.5. The third-order valence-corrected chi connectivity index (χ3v) is 4.21. The van der Waals surface area contributed by atoms with Gasteiger partial charge in [0.1, 0.15) is 5.82 Å². The Morgan fingerprint density at radius 1 is 1.44 bits per heavy atom. The highest BCUT2D eigenvalue weighted by molar-refractivity contribution is 7.91. The van der Waals surface area contributed by atoms with Crippen LogP contribution in [0, 0.1) is 5.82 Å². The summed E-state index contributed by atoms with van der Waals surface area (Å²) in [5, 5.41) is 2.96. The van der Waals surface area contributed by atoms with E-state index < -0.39 is 15.7 Å². The molecule has 0 heterocycles. The smallest absolute Gasteiger partial charge is 0.178 e. The van der Waals surface area contributed by atoms with Gasteiger partial charge in [0.2, 0.25) is 0 Å². The van der Waals surface area contributed by atoms with E-state index in [1.165, 1.54) is 18.2 Å². The van der Waals surface area contributed by atoms with Crippen molar-refractivity contribution in [3.8, 4) is 0 Å². The van der Waals surface area contributed by atoms with Crippen molar-refractivity contribution in [1.82, 2.24) is 5.32 Å². The van der Waals surface area contributed by atoms with E-state index in [0.717, 1.165) is 6.07 Å². The van der Waals surface area contributed by atoms with Crippen LogP contribution in [-0.4, -0.2) is 27.3 Å². The fourth-order valence-corrected chi connectivity index (χ4v) is 2.73. The third kappa shape index (κ3) is 3.57. The fourth-order valence-electron chi connectivity index (χ4n) is 1.25. The molecule has 0 aliphatic heterocycles. The molecule has 1 aromatic carbocycles. The number of rotatable bonds is 5. The lowest BCUT2D eigenvalue weighted by atomic mass is 10.3. The molecule has 1 atom stereocenters. The van der Waals surface area contributed by atoms with Crippen LogP contribution in [0.2, 0.25) is 0 Å². The van der Waals surface area contributed by atoms with Crippen molar-refractivity contribution in [1.29, 1.82) is 0 Å². The number of hydrogen-bond acceptors (Lipinski definition) is 3. The van der Waals surface area contributed by atoms with E-state index in [1.54, 1.807) is 7.05 Å². The van der Waals surface area contributed by atoms with Gasteiger partial charge in [0.05, 0.1) is 10.6 Å². The normalized spacial score (nSPS) is 13.7. The number of nitrogens with one attached hydrogen (secondary N) is 1. The molecule has 1 unspecified atom stereocenters. The maximum absolute atomic E-state index is 12.9. The highest BCUT2D eigenvalue weighted by atomic mass is 32.2. The van der Waals surface area contributed by atoms with Gasteiger partial charge in [-0.05, 0) is 38.6 Å². The van der Waals surface area contributed by atoms with Crippen molar-refractivity contribution in [3.05, 3.63) is 30.1 Å². The second-order valence-electron chi connectivity index (χ2n) is 3.75. The minimum Gasteiger partial charge on any atom is -0.317 e. The van der Waals surface area contributed by atoms with Gasteiger partial charge in [-0.2, -0.15) is 0 Å². The lowest BCUT2D eigenvalue weighted by Gasteiger charge is -2.10. The summed E-state index contributed by atoms with van der Waals surface area (Å²) in [6.45, 7) is 1.90. The lowest BCUT2D eigenvalue weighted by Crippen LogP contribution is -2.24. The van der Waals surface area contributed by atoms with Crippen molar-refractivity contribution < 1.29 is 12.8 Å². The van der Waals surface area contributed by atoms with Crippen LogP contribution >= 0.6 is 0 Å². The molecule has 0 saturated heterocycles. The first-order chi connectivity index (χ1) is 7.45. The lowest BCUT2D eigenvalue weighted by molar-refractivity contribution is 0.563. The van der Waals surface area contributed by atoms with Crippen LogP contribution in [0.5, 0.6) is 0 Å². The number of sulfone groups is 1. The Morgan fingerprint density at radius 2 is 2.12 bits per heavy atom. The molecule has 0 fully saturated rings. The molecule has 1 aromatic rings. The van der Waals surface area contributed by atoms with Crippen LogP contribution in [0.3, 0.4) is 0 Å². The molecule has 5 heteroatoms. The number of benzene rings is 1. The second-order valence-corrected chi connectivity index (χ2v) is 5.86. The predicted octanol–water partition coefficient (Wildman–Crippen LogP) is 1.60. The largest absolute Gasteiger partial charge is 0.317 e. The van der Waals surface area contributed by atoms with Gasteiger partial charge in [-0.1, -0.05) is 6.07 Å². The molecular weight excluding hydrogens is 229 g/mol. The summed E-state index contributed by atoms with van der Waals surface area (Å²) in [6, 6.07) is 5.24. The molecular formula is C11H16FNO2S. The van der Waals surface area contributed by atoms with E-state index in [1.807, 2.05) is 6.92 Å². The van der Waals surface area contributed by atoms with Crippen molar-refractivity contribution in [2.45, 2.75) is 24.3 Å². The summed E-state index contributed by atoms with van der Waals surface area (Å²) in [7, 11) is -1.59. The Labute approximate surface area is 95.6 Å². The Kier molecular flexibility index (Phi) is 4.44. The Balaban J connectivity index is 2.78. The molecule has 1 rings (SSSR count). The van der Waals surface area contributed by atoms with Crippen LogP contribution in [0.25, 0.3) is 0 Å². The standard InChI is InChI=1S/C11H16FNO2S/c1-9(13-2)6-7-16(14,15)11-5-3-4-10(12)8-11/h3-5,8-9,13H,6-7H2,1-2H3. The predicted molar refractivity (Wildman–Crippen MR) is 61.6 cm³/mol. The van der Waals surface area contributed by atoms with Gasteiger partial charge in [0, 0.05) is 6.04 Å². The van der Waals surface area contributed by atoms with Crippen LogP contribution in [0.15, 0.2) is 29.2 Å². The minimum absolute atomic E-state index is 0.0262. The molecule has 0 bridgehead atoms. The molecule has 90 valence electrons. The summed E-state index contributed by atoms with van der Waals surface area (Å²) in [4.78, 5) is 0.0517. The van der Waals surface area contributed by atoms with Crippen molar-refractivity contribution >= 4 is 9.84 Å². The zero-order valence-electron chi connectivity index (χ0n) is 9.40. The van der Waals surface area contributed by atoms with Gasteiger partial charge in [0.15, 0.2) is 9.84 Å². The van der Waals surface area contributed by atoms with Crippen LogP contribution in [0.1, 0.15) is 13.3 Å². The summed E-state index contributed by atoms with van der Waals surface area (Å²) >= 11 is 0. The first-order valence-corrected chi connectivity index (χ1v) is 6.76. The van der Waals surface area contributed by atoms with Crippen LogP contribution < -0.4 is 5.32 Å². The van der Waals surface area contributed by atoms with Gasteiger partial charge in [-0.25, -0.2) is 12.8 Å². The van der Waals surface area contributed by atoms with E-state index in [9.17, 15) is 12.8 Å². The Bertz CT molecular complexity index is 445. The van der Waals surface area contributed by atoms with Gasteiger partial charge >= 0.3 is 0 Å². The highest BCUT2D eigenvalue weighted by Crippen LogP contribution is 2.13.